The van der Waals surface area contributed by atoms with Crippen LogP contribution < -0.4 is 4.90 Å². The first-order valence-electron chi connectivity index (χ1n) is 5.83. The Morgan fingerprint density at radius 3 is 2.53 bits per heavy atom. The number of amides is 3. The minimum atomic E-state index is -0.642. The molecular formula is C13H12FN3O2. The van der Waals surface area contributed by atoms with Gasteiger partial charge in [0.25, 0.3) is 5.91 Å². The molecule has 0 aromatic heterocycles. The standard InChI is InChI=1S/C13H12FN3O2/c1-9-12(18)16(8-2-7-15)13(19)17(9)11-5-3-10(14)4-6-11/h3-6,9H,2,8H2,1H3. The number of nitriles is 1. The highest BCUT2D eigenvalue weighted by Crippen LogP contribution is 2.25. The zero-order chi connectivity index (χ0) is 14.0. The summed E-state index contributed by atoms with van der Waals surface area (Å²) in [6.07, 6.45) is 0.0987. The highest BCUT2D eigenvalue weighted by Gasteiger charge is 2.42. The van der Waals surface area contributed by atoms with E-state index in [1.165, 1.54) is 29.2 Å². The maximum atomic E-state index is 12.9. The van der Waals surface area contributed by atoms with Crippen molar-refractivity contribution < 1.29 is 14.0 Å². The molecule has 2 rings (SSSR count). The van der Waals surface area contributed by atoms with Crippen LogP contribution in [0.1, 0.15) is 13.3 Å². The van der Waals surface area contributed by atoms with Gasteiger partial charge in [-0.05, 0) is 31.2 Å². The average molecular weight is 261 g/mol. The fourth-order valence-electron chi connectivity index (χ4n) is 2.03. The number of anilines is 1. The molecule has 0 bridgehead atoms. The highest BCUT2D eigenvalue weighted by molar-refractivity contribution is 6.14. The minimum absolute atomic E-state index is 0.0796. The second kappa shape index (κ2) is 5.06. The summed E-state index contributed by atoms with van der Waals surface area (Å²) in [6.45, 7) is 1.69. The predicted octanol–water partition coefficient (Wildman–Crippen LogP) is 1.90. The molecule has 1 aliphatic rings. The topological polar surface area (TPSA) is 64.4 Å². The van der Waals surface area contributed by atoms with E-state index in [0.717, 1.165) is 4.90 Å². The van der Waals surface area contributed by atoms with Crippen molar-refractivity contribution in [3.63, 3.8) is 0 Å². The van der Waals surface area contributed by atoms with Gasteiger partial charge < -0.3 is 0 Å². The number of carbonyl (C=O) groups excluding carboxylic acids is 2. The molecule has 1 heterocycles. The molecule has 0 aliphatic carbocycles. The van der Waals surface area contributed by atoms with E-state index in [0.29, 0.717) is 5.69 Å². The zero-order valence-electron chi connectivity index (χ0n) is 10.3. The van der Waals surface area contributed by atoms with Gasteiger partial charge in [-0.25, -0.2) is 9.18 Å². The van der Waals surface area contributed by atoms with Crippen LogP contribution in [0, 0.1) is 17.1 Å². The Balaban J connectivity index is 2.27. The fraction of sp³-hybridized carbons (Fsp3) is 0.308. The summed E-state index contributed by atoms with van der Waals surface area (Å²) in [7, 11) is 0. The summed E-state index contributed by atoms with van der Waals surface area (Å²) in [5.41, 5.74) is 0.465. The number of benzene rings is 1. The number of imide groups is 1. The lowest BCUT2D eigenvalue weighted by molar-refractivity contribution is -0.126. The number of carbonyl (C=O) groups is 2. The van der Waals surface area contributed by atoms with Crippen molar-refractivity contribution in [1.29, 1.82) is 5.26 Å². The van der Waals surface area contributed by atoms with Crippen LogP contribution in [0.5, 0.6) is 0 Å². The number of nitrogens with zero attached hydrogens (tertiary/aromatic N) is 3. The number of halogens is 1. The Morgan fingerprint density at radius 1 is 1.32 bits per heavy atom. The lowest BCUT2D eigenvalue weighted by atomic mass is 10.2. The van der Waals surface area contributed by atoms with Gasteiger partial charge in [0, 0.05) is 12.2 Å². The van der Waals surface area contributed by atoms with Gasteiger partial charge in [0.05, 0.1) is 12.5 Å². The van der Waals surface area contributed by atoms with Crippen molar-refractivity contribution in [2.24, 2.45) is 0 Å². The molecule has 1 fully saturated rings. The molecular weight excluding hydrogens is 249 g/mol. The molecule has 0 saturated carbocycles. The average Bonchev–Trinajstić information content (AvgIpc) is 2.60. The quantitative estimate of drug-likeness (QED) is 0.780. The Bertz CT molecular complexity index is 550. The molecule has 3 amide bonds. The van der Waals surface area contributed by atoms with Crippen LogP contribution >= 0.6 is 0 Å². The second-order valence-corrected chi connectivity index (χ2v) is 4.20. The maximum Gasteiger partial charge on any atom is 0.332 e. The number of urea groups is 1. The molecule has 5 nitrogen and oxygen atoms in total. The molecule has 1 aromatic rings. The molecule has 1 aliphatic heterocycles. The van der Waals surface area contributed by atoms with Crippen LogP contribution in [0.2, 0.25) is 0 Å². The van der Waals surface area contributed by atoms with E-state index in [9.17, 15) is 14.0 Å². The van der Waals surface area contributed by atoms with Gasteiger partial charge in [0.1, 0.15) is 11.9 Å². The summed E-state index contributed by atoms with van der Waals surface area (Å²) < 4.78 is 12.9. The Hall–Kier alpha value is -2.42. The van der Waals surface area contributed by atoms with Crippen LogP contribution in [0.15, 0.2) is 24.3 Å². The van der Waals surface area contributed by atoms with Crippen LogP contribution in [0.3, 0.4) is 0 Å². The van der Waals surface area contributed by atoms with Gasteiger partial charge in [-0.3, -0.25) is 14.6 Å². The van der Waals surface area contributed by atoms with E-state index in [1.54, 1.807) is 6.92 Å². The van der Waals surface area contributed by atoms with E-state index in [2.05, 4.69) is 0 Å². The fourth-order valence-corrected chi connectivity index (χ4v) is 2.03. The number of hydrogen-bond donors (Lipinski definition) is 0. The van der Waals surface area contributed by atoms with Gasteiger partial charge >= 0.3 is 6.03 Å². The molecule has 1 saturated heterocycles. The predicted molar refractivity (Wildman–Crippen MR) is 65.7 cm³/mol. The van der Waals surface area contributed by atoms with Crippen molar-refractivity contribution in [1.82, 2.24) is 4.90 Å². The van der Waals surface area contributed by atoms with Crippen molar-refractivity contribution in [3.05, 3.63) is 30.1 Å². The molecule has 98 valence electrons. The van der Waals surface area contributed by atoms with Crippen LogP contribution in [-0.4, -0.2) is 29.4 Å². The van der Waals surface area contributed by atoms with Gasteiger partial charge in [-0.2, -0.15) is 5.26 Å². The molecule has 1 unspecified atom stereocenters. The van der Waals surface area contributed by atoms with E-state index in [4.69, 9.17) is 5.26 Å². The largest absolute Gasteiger partial charge is 0.332 e. The molecule has 19 heavy (non-hydrogen) atoms. The third kappa shape index (κ3) is 2.27. The van der Waals surface area contributed by atoms with Crippen LogP contribution in [0.4, 0.5) is 14.9 Å². The highest BCUT2D eigenvalue weighted by atomic mass is 19.1. The lowest BCUT2D eigenvalue weighted by Crippen LogP contribution is -2.34. The monoisotopic (exact) mass is 261 g/mol. The summed E-state index contributed by atoms with van der Waals surface area (Å²) in [5.74, 6) is -0.750. The first-order chi connectivity index (χ1) is 9.06. The first-order valence-corrected chi connectivity index (χ1v) is 5.83. The van der Waals surface area contributed by atoms with Crippen molar-refractivity contribution in [2.75, 3.05) is 11.4 Å². The van der Waals surface area contributed by atoms with Gasteiger partial charge in [-0.1, -0.05) is 0 Å². The maximum absolute atomic E-state index is 12.9. The van der Waals surface area contributed by atoms with E-state index < -0.39 is 17.9 Å². The molecule has 6 heteroatoms. The van der Waals surface area contributed by atoms with Crippen molar-refractivity contribution >= 4 is 17.6 Å². The Kier molecular flexibility index (Phi) is 3.47. The Morgan fingerprint density at radius 2 is 1.95 bits per heavy atom. The minimum Gasteiger partial charge on any atom is -0.282 e. The van der Waals surface area contributed by atoms with Gasteiger partial charge in [0.15, 0.2) is 0 Å². The van der Waals surface area contributed by atoms with Crippen LogP contribution in [0.25, 0.3) is 0 Å². The zero-order valence-corrected chi connectivity index (χ0v) is 10.3. The summed E-state index contributed by atoms with van der Waals surface area (Å²) in [4.78, 5) is 26.5. The number of rotatable bonds is 3. The number of hydrogen-bond acceptors (Lipinski definition) is 3. The second-order valence-electron chi connectivity index (χ2n) is 4.20. The third-order valence-corrected chi connectivity index (χ3v) is 3.00. The smallest absolute Gasteiger partial charge is 0.282 e. The summed E-state index contributed by atoms with van der Waals surface area (Å²) in [6, 6.07) is 6.15. The first kappa shape index (κ1) is 13.0. The van der Waals surface area contributed by atoms with E-state index in [1.807, 2.05) is 6.07 Å². The molecule has 0 spiro atoms. The van der Waals surface area contributed by atoms with Crippen molar-refractivity contribution in [2.45, 2.75) is 19.4 Å². The van der Waals surface area contributed by atoms with Gasteiger partial charge in [0.2, 0.25) is 0 Å². The molecule has 0 radical (unpaired) electrons. The summed E-state index contributed by atoms with van der Waals surface area (Å²) in [5, 5.41) is 8.52. The molecule has 0 N–H and O–H groups in total. The lowest BCUT2D eigenvalue weighted by Gasteiger charge is -2.19. The summed E-state index contributed by atoms with van der Waals surface area (Å²) >= 11 is 0. The van der Waals surface area contributed by atoms with E-state index >= 15 is 0 Å². The SMILES string of the molecule is CC1C(=O)N(CCC#N)C(=O)N1c1ccc(F)cc1. The van der Waals surface area contributed by atoms with Crippen LogP contribution in [-0.2, 0) is 4.79 Å². The molecule has 1 aromatic carbocycles. The Labute approximate surface area is 109 Å². The van der Waals surface area contributed by atoms with Gasteiger partial charge in [-0.15, -0.1) is 0 Å². The third-order valence-electron chi connectivity index (χ3n) is 3.00. The normalized spacial score (nSPS) is 18.9. The van der Waals surface area contributed by atoms with E-state index in [-0.39, 0.29) is 18.9 Å². The van der Waals surface area contributed by atoms with Crippen molar-refractivity contribution in [3.8, 4) is 6.07 Å². The molecule has 1 atom stereocenters.